The summed E-state index contributed by atoms with van der Waals surface area (Å²) in [5.74, 6) is 1.68. The van der Waals surface area contributed by atoms with Crippen molar-refractivity contribution in [3.05, 3.63) is 95.8 Å². The molecular formula is C35H47N7O. The van der Waals surface area contributed by atoms with Gasteiger partial charge in [0.05, 0.1) is 6.61 Å². The van der Waals surface area contributed by atoms with Crippen LogP contribution in [0.1, 0.15) is 61.3 Å². The number of ether oxygens (including phenoxy) is 1. The minimum atomic E-state index is 0.273. The van der Waals surface area contributed by atoms with Crippen molar-refractivity contribution in [3.8, 4) is 11.9 Å². The number of aliphatic imine (C=N–C) groups is 1. The van der Waals surface area contributed by atoms with E-state index in [-0.39, 0.29) is 5.92 Å². The predicted octanol–water partition coefficient (Wildman–Crippen LogP) is 5.40. The molecule has 0 aliphatic carbocycles. The van der Waals surface area contributed by atoms with Gasteiger partial charge in [0.25, 0.3) is 0 Å². The van der Waals surface area contributed by atoms with Gasteiger partial charge in [0.2, 0.25) is 5.96 Å². The molecule has 43 heavy (non-hydrogen) atoms. The lowest BCUT2D eigenvalue weighted by Crippen LogP contribution is -2.36. The molecule has 228 valence electrons. The van der Waals surface area contributed by atoms with Crippen LogP contribution in [0.2, 0.25) is 0 Å². The second kappa shape index (κ2) is 18.6. The topological polar surface area (TPSA) is 88.8 Å². The van der Waals surface area contributed by atoms with E-state index < -0.39 is 0 Å². The highest BCUT2D eigenvalue weighted by molar-refractivity contribution is 5.81. The second-order valence-electron chi connectivity index (χ2n) is 11.2. The lowest BCUT2D eigenvalue weighted by Gasteiger charge is -2.26. The van der Waals surface area contributed by atoms with Gasteiger partial charge in [0, 0.05) is 43.9 Å². The molecule has 2 N–H and O–H groups in total. The van der Waals surface area contributed by atoms with Crippen molar-refractivity contribution in [2.24, 2.45) is 4.99 Å². The molecule has 8 heteroatoms. The molecule has 0 amide bonds. The van der Waals surface area contributed by atoms with Crippen molar-refractivity contribution in [3.63, 3.8) is 0 Å². The smallest absolute Gasteiger partial charge is 0.204 e. The highest BCUT2D eigenvalue weighted by atomic mass is 16.5. The molecule has 1 aliphatic heterocycles. The number of nitriles is 1. The van der Waals surface area contributed by atoms with Crippen LogP contribution in [0.3, 0.4) is 0 Å². The highest BCUT2D eigenvalue weighted by Gasteiger charge is 2.16. The Morgan fingerprint density at radius 1 is 1.00 bits per heavy atom. The number of nitrogens with zero attached hydrogens (tertiary/aromatic N) is 5. The fourth-order valence-electron chi connectivity index (χ4n) is 5.47. The Labute approximate surface area is 257 Å². The van der Waals surface area contributed by atoms with Crippen LogP contribution in [-0.4, -0.2) is 73.7 Å². The van der Waals surface area contributed by atoms with Crippen LogP contribution < -0.4 is 15.4 Å². The third-order valence-electron chi connectivity index (χ3n) is 7.85. The van der Waals surface area contributed by atoms with Crippen LogP contribution >= 0.6 is 0 Å². The number of guanidine groups is 1. The molecule has 4 rings (SSSR count). The third kappa shape index (κ3) is 11.7. The van der Waals surface area contributed by atoms with E-state index in [0.717, 1.165) is 56.9 Å². The number of likely N-dealkylation sites (tertiary alicyclic amines) is 1. The molecule has 3 aromatic rings. The minimum absolute atomic E-state index is 0.273. The zero-order valence-electron chi connectivity index (χ0n) is 25.6. The molecule has 8 nitrogen and oxygen atoms in total. The maximum Gasteiger partial charge on any atom is 0.204 e. The minimum Gasteiger partial charge on any atom is -0.494 e. The first kappa shape index (κ1) is 32.0. The summed E-state index contributed by atoms with van der Waals surface area (Å²) in [7, 11) is 2.16. The van der Waals surface area contributed by atoms with E-state index in [4.69, 9.17) is 10.00 Å². The van der Waals surface area contributed by atoms with Gasteiger partial charge in [0.15, 0.2) is 6.19 Å². The predicted molar refractivity (Wildman–Crippen MR) is 174 cm³/mol. The molecule has 0 saturated carbocycles. The molecule has 0 spiro atoms. The maximum atomic E-state index is 9.15. The van der Waals surface area contributed by atoms with E-state index in [0.29, 0.717) is 19.1 Å². The number of nitrogens with one attached hydrogen (secondary N) is 2. The van der Waals surface area contributed by atoms with Crippen LogP contribution in [0, 0.1) is 11.5 Å². The van der Waals surface area contributed by atoms with Crippen LogP contribution in [0.25, 0.3) is 0 Å². The van der Waals surface area contributed by atoms with Gasteiger partial charge in [-0.15, -0.1) is 0 Å². The van der Waals surface area contributed by atoms with Gasteiger partial charge < -0.3 is 15.0 Å². The first-order valence-corrected chi connectivity index (χ1v) is 15.7. The number of hydrogen-bond acceptors (Lipinski definition) is 6. The summed E-state index contributed by atoms with van der Waals surface area (Å²) in [6, 6.07) is 25.2. The summed E-state index contributed by atoms with van der Waals surface area (Å²) in [5, 5.41) is 15.1. The van der Waals surface area contributed by atoms with Crippen LogP contribution in [-0.2, 0) is 6.54 Å². The Kier molecular flexibility index (Phi) is 13.8. The first-order valence-electron chi connectivity index (χ1n) is 15.7. The van der Waals surface area contributed by atoms with E-state index >= 15 is 0 Å². The van der Waals surface area contributed by atoms with Crippen molar-refractivity contribution < 1.29 is 4.74 Å². The van der Waals surface area contributed by atoms with E-state index in [1.807, 2.05) is 18.5 Å². The molecule has 1 saturated heterocycles. The van der Waals surface area contributed by atoms with Crippen LogP contribution in [0.15, 0.2) is 84.0 Å². The Morgan fingerprint density at radius 2 is 1.79 bits per heavy atom. The fraction of sp³-hybridized carbons (Fsp3) is 0.457. The summed E-state index contributed by atoms with van der Waals surface area (Å²) in [6.07, 6.45) is 10.6. The zero-order chi connectivity index (χ0) is 30.0. The number of benzene rings is 2. The quantitative estimate of drug-likeness (QED) is 0.0770. The van der Waals surface area contributed by atoms with Crippen molar-refractivity contribution in [1.82, 2.24) is 25.4 Å². The summed E-state index contributed by atoms with van der Waals surface area (Å²) in [4.78, 5) is 14.1. The molecule has 1 unspecified atom stereocenters. The Balaban J connectivity index is 1.11. The summed E-state index contributed by atoms with van der Waals surface area (Å²) >= 11 is 0. The maximum absolute atomic E-state index is 9.15. The Bertz CT molecular complexity index is 1200. The molecule has 1 atom stereocenters. The van der Waals surface area contributed by atoms with E-state index in [1.54, 1.807) is 0 Å². The van der Waals surface area contributed by atoms with Gasteiger partial charge in [-0.1, -0.05) is 55.0 Å². The Morgan fingerprint density at radius 3 is 2.53 bits per heavy atom. The molecule has 1 fully saturated rings. The van der Waals surface area contributed by atoms with Gasteiger partial charge >= 0.3 is 0 Å². The normalized spacial score (nSPS) is 14.7. The molecular weight excluding hydrogens is 534 g/mol. The number of aromatic nitrogens is 1. The number of piperidine rings is 1. The van der Waals surface area contributed by atoms with Gasteiger partial charge in [-0.3, -0.25) is 20.2 Å². The van der Waals surface area contributed by atoms with Crippen molar-refractivity contribution in [2.75, 3.05) is 52.9 Å². The number of hydrogen-bond donors (Lipinski definition) is 2. The van der Waals surface area contributed by atoms with E-state index in [1.165, 1.54) is 43.5 Å². The lowest BCUT2D eigenvalue weighted by molar-refractivity contribution is 0.221. The van der Waals surface area contributed by atoms with E-state index in [2.05, 4.69) is 104 Å². The lowest BCUT2D eigenvalue weighted by atomic mass is 9.92. The Hall–Kier alpha value is -3.93. The molecule has 0 radical (unpaired) electrons. The third-order valence-corrected chi connectivity index (χ3v) is 7.85. The SMILES string of the molecule is CN(CCCNC(=NCCCOc1ccc(CN2CCCCC2)cc1)NC#N)CCC(c1ccccc1)c1ccccn1. The highest BCUT2D eigenvalue weighted by Crippen LogP contribution is 2.26. The number of rotatable bonds is 16. The molecule has 1 aromatic heterocycles. The standard InChI is InChI=1S/C35H47N7O/c1-41(26-19-33(31-12-4-2-5-13-31)34-14-6-7-20-37-34)23-10-21-38-35(40-29-36)39-22-11-27-43-32-17-15-30(16-18-32)28-42-24-8-3-9-25-42/h2,4-7,12-18,20,33H,3,8-11,19,21-28H2,1H3,(H2,38,39,40). The summed E-state index contributed by atoms with van der Waals surface area (Å²) in [6.45, 7) is 7.25. The largest absolute Gasteiger partial charge is 0.494 e. The van der Waals surface area contributed by atoms with Crippen molar-refractivity contribution in [2.45, 2.75) is 51.0 Å². The number of pyridine rings is 1. The zero-order valence-corrected chi connectivity index (χ0v) is 25.6. The van der Waals surface area contributed by atoms with Crippen molar-refractivity contribution in [1.29, 1.82) is 5.26 Å². The van der Waals surface area contributed by atoms with Gasteiger partial charge in [0.1, 0.15) is 5.75 Å². The molecule has 1 aliphatic rings. The van der Waals surface area contributed by atoms with Gasteiger partial charge in [-0.25, -0.2) is 0 Å². The van der Waals surface area contributed by atoms with Gasteiger partial charge in [-0.2, -0.15) is 5.26 Å². The molecule has 0 bridgehead atoms. The first-order chi connectivity index (χ1) is 21.2. The average molecular weight is 582 g/mol. The molecule has 2 heterocycles. The van der Waals surface area contributed by atoms with Crippen molar-refractivity contribution >= 4 is 5.96 Å². The molecule has 2 aromatic carbocycles. The monoisotopic (exact) mass is 581 g/mol. The second-order valence-corrected chi connectivity index (χ2v) is 11.2. The van der Waals surface area contributed by atoms with E-state index in [9.17, 15) is 0 Å². The summed E-state index contributed by atoms with van der Waals surface area (Å²) in [5.41, 5.74) is 3.74. The fourth-order valence-corrected chi connectivity index (χ4v) is 5.47. The average Bonchev–Trinajstić information content (AvgIpc) is 3.05. The van der Waals surface area contributed by atoms with Crippen LogP contribution in [0.5, 0.6) is 5.75 Å². The summed E-state index contributed by atoms with van der Waals surface area (Å²) < 4.78 is 5.92. The van der Waals surface area contributed by atoms with Gasteiger partial charge in [-0.05, 0) is 94.3 Å². The van der Waals surface area contributed by atoms with Crippen LogP contribution in [0.4, 0.5) is 0 Å².